The molecule has 0 radical (unpaired) electrons. The second kappa shape index (κ2) is 10.9. The van der Waals surface area contributed by atoms with Crippen LogP contribution in [-0.4, -0.2) is 44.7 Å². The van der Waals surface area contributed by atoms with Crippen molar-refractivity contribution < 1.29 is 32.2 Å². The molecule has 12 heteroatoms. The molecule has 202 valence electrons. The number of aromatic nitrogens is 1. The second-order valence-corrected chi connectivity index (χ2v) is 11.3. The van der Waals surface area contributed by atoms with Crippen LogP contribution in [-0.2, 0) is 26.1 Å². The van der Waals surface area contributed by atoms with Gasteiger partial charge in [-0.2, -0.15) is 4.99 Å². The first kappa shape index (κ1) is 26.4. The Hall–Kier alpha value is -4.16. The van der Waals surface area contributed by atoms with E-state index in [2.05, 4.69) is 9.71 Å². The van der Waals surface area contributed by atoms with Crippen LogP contribution in [0.4, 0.5) is 5.69 Å². The van der Waals surface area contributed by atoms with E-state index < -0.39 is 21.9 Å². The number of rotatable bonds is 7. The summed E-state index contributed by atoms with van der Waals surface area (Å²) in [6, 6.07) is 16.1. The minimum atomic E-state index is -3.95. The Morgan fingerprint density at radius 3 is 2.46 bits per heavy atom. The molecule has 0 aliphatic carbocycles. The zero-order valence-electron chi connectivity index (χ0n) is 21.2. The van der Waals surface area contributed by atoms with E-state index in [0.717, 1.165) is 10.3 Å². The maximum absolute atomic E-state index is 13.4. The molecular weight excluding hydrogens is 542 g/mol. The molecule has 0 atom stereocenters. The predicted octanol–water partition coefficient (Wildman–Crippen LogP) is 3.89. The first-order valence-electron chi connectivity index (χ1n) is 12.1. The number of aryl methyl sites for hydroxylation is 1. The number of carbonyl (C=O) groups excluding carboxylic acids is 2. The van der Waals surface area contributed by atoms with Crippen molar-refractivity contribution in [2.24, 2.45) is 4.99 Å². The molecule has 0 fully saturated rings. The Balaban J connectivity index is 1.56. The fourth-order valence-electron chi connectivity index (χ4n) is 4.01. The topological polar surface area (TPSA) is 125 Å². The lowest BCUT2D eigenvalue weighted by atomic mass is 10.2. The van der Waals surface area contributed by atoms with Crippen molar-refractivity contribution >= 4 is 49.1 Å². The van der Waals surface area contributed by atoms with Gasteiger partial charge in [0.1, 0.15) is 19.8 Å². The fourth-order valence-corrected chi connectivity index (χ4v) is 6.12. The molecular formula is C27H25N3O7S2. The molecule has 5 rings (SSSR count). The van der Waals surface area contributed by atoms with Gasteiger partial charge in [0, 0.05) is 12.1 Å². The normalized spacial score (nSPS) is 13.3. The Bertz CT molecular complexity index is 1740. The number of nitrogens with zero attached hydrogens (tertiary/aromatic N) is 2. The summed E-state index contributed by atoms with van der Waals surface area (Å²) in [5.41, 5.74) is 1.68. The van der Waals surface area contributed by atoms with Gasteiger partial charge >= 0.3 is 5.97 Å². The number of carbonyl (C=O) groups is 2. The summed E-state index contributed by atoms with van der Waals surface area (Å²) in [7, 11) is -3.95. The molecule has 1 aromatic heterocycles. The maximum Gasteiger partial charge on any atom is 0.326 e. The van der Waals surface area contributed by atoms with Crippen molar-refractivity contribution in [2.45, 2.75) is 25.3 Å². The summed E-state index contributed by atoms with van der Waals surface area (Å²) in [4.78, 5) is 30.4. The molecule has 0 unspecified atom stereocenters. The molecule has 0 bridgehead atoms. The van der Waals surface area contributed by atoms with Crippen LogP contribution < -0.4 is 19.0 Å². The van der Waals surface area contributed by atoms with Crippen LogP contribution in [0.3, 0.4) is 0 Å². The molecule has 10 nitrogen and oxygen atoms in total. The number of ether oxygens (including phenoxy) is 3. The van der Waals surface area contributed by atoms with Gasteiger partial charge in [-0.05, 0) is 38.1 Å². The van der Waals surface area contributed by atoms with Crippen molar-refractivity contribution in [1.82, 2.24) is 4.57 Å². The van der Waals surface area contributed by atoms with Crippen molar-refractivity contribution in [1.29, 1.82) is 0 Å². The Morgan fingerprint density at radius 2 is 1.74 bits per heavy atom. The molecule has 0 saturated carbocycles. The lowest BCUT2D eigenvalue weighted by Crippen LogP contribution is -2.23. The molecule has 1 aliphatic heterocycles. The SMILES string of the molecule is CCOC(=O)Cn1c(=NC(=O)c2ccccc2NS(=O)(=O)c2ccc(C)cc2)sc2cc3c(cc21)OCCO3. The smallest absolute Gasteiger partial charge is 0.326 e. The van der Waals surface area contributed by atoms with E-state index in [1.807, 2.05) is 6.92 Å². The lowest BCUT2D eigenvalue weighted by molar-refractivity contribution is -0.143. The van der Waals surface area contributed by atoms with Gasteiger partial charge in [0.2, 0.25) is 0 Å². The van der Waals surface area contributed by atoms with E-state index in [1.165, 1.54) is 35.6 Å². The highest BCUT2D eigenvalue weighted by Gasteiger charge is 2.21. The molecule has 39 heavy (non-hydrogen) atoms. The third kappa shape index (κ3) is 5.66. The predicted molar refractivity (Wildman–Crippen MR) is 146 cm³/mol. The molecule has 2 heterocycles. The van der Waals surface area contributed by atoms with E-state index in [9.17, 15) is 18.0 Å². The number of thiazole rings is 1. The number of anilines is 1. The molecule has 4 aromatic rings. The molecule has 0 saturated heterocycles. The van der Waals surface area contributed by atoms with E-state index in [0.29, 0.717) is 30.2 Å². The third-order valence-corrected chi connectivity index (χ3v) is 8.29. The first-order valence-corrected chi connectivity index (χ1v) is 14.4. The Kier molecular flexibility index (Phi) is 7.40. The zero-order valence-corrected chi connectivity index (χ0v) is 22.8. The number of hydrogen-bond acceptors (Lipinski definition) is 8. The average molecular weight is 568 g/mol. The van der Waals surface area contributed by atoms with Gasteiger partial charge < -0.3 is 18.8 Å². The lowest BCUT2D eigenvalue weighted by Gasteiger charge is -2.18. The number of para-hydroxylation sites is 1. The van der Waals surface area contributed by atoms with E-state index in [1.54, 1.807) is 47.9 Å². The van der Waals surface area contributed by atoms with Gasteiger partial charge in [-0.15, -0.1) is 0 Å². The van der Waals surface area contributed by atoms with Gasteiger partial charge in [0.25, 0.3) is 15.9 Å². The maximum atomic E-state index is 13.4. The number of esters is 1. The highest BCUT2D eigenvalue weighted by atomic mass is 32.2. The summed E-state index contributed by atoms with van der Waals surface area (Å²) in [5.74, 6) is -0.0872. The molecule has 0 spiro atoms. The van der Waals surface area contributed by atoms with Crippen LogP contribution in [0.15, 0.2) is 70.6 Å². The molecule has 1 N–H and O–H groups in total. The summed E-state index contributed by atoms with van der Waals surface area (Å²) >= 11 is 1.19. The van der Waals surface area contributed by atoms with Crippen molar-refractivity contribution in [3.8, 4) is 11.5 Å². The quantitative estimate of drug-likeness (QED) is 0.336. The average Bonchev–Trinajstić information content (AvgIpc) is 3.23. The Morgan fingerprint density at radius 1 is 1.05 bits per heavy atom. The molecule has 1 amide bonds. The van der Waals surface area contributed by atoms with Crippen molar-refractivity contribution in [2.75, 3.05) is 24.5 Å². The summed E-state index contributed by atoms with van der Waals surface area (Å²) in [6.45, 7) is 4.40. The minimum Gasteiger partial charge on any atom is -0.486 e. The molecule has 3 aromatic carbocycles. The standard InChI is InChI=1S/C27H25N3O7S2/c1-3-35-25(31)16-30-21-14-22-23(37-13-12-36-22)15-24(21)38-27(30)28-26(32)19-6-4-5-7-20(19)29-39(33,34)18-10-8-17(2)9-11-18/h4-11,14-15,29H,3,12-13,16H2,1-2H3. The number of fused-ring (bicyclic) bond motifs is 2. The van der Waals surface area contributed by atoms with Gasteiger partial charge in [-0.3, -0.25) is 14.3 Å². The Labute approximate surface area is 228 Å². The summed E-state index contributed by atoms with van der Waals surface area (Å²) in [5, 5.41) is 0. The van der Waals surface area contributed by atoms with Crippen LogP contribution in [0.25, 0.3) is 10.2 Å². The van der Waals surface area contributed by atoms with E-state index in [4.69, 9.17) is 14.2 Å². The van der Waals surface area contributed by atoms with Gasteiger partial charge in [0.05, 0.1) is 33.0 Å². The first-order chi connectivity index (χ1) is 18.7. The summed E-state index contributed by atoms with van der Waals surface area (Å²) < 4.78 is 47.3. The van der Waals surface area contributed by atoms with Crippen molar-refractivity contribution in [3.63, 3.8) is 0 Å². The minimum absolute atomic E-state index is 0.0549. The largest absolute Gasteiger partial charge is 0.486 e. The van der Waals surface area contributed by atoms with Crippen molar-refractivity contribution in [3.05, 3.63) is 76.6 Å². The van der Waals surface area contributed by atoms with E-state index in [-0.39, 0.29) is 34.1 Å². The van der Waals surface area contributed by atoms with E-state index >= 15 is 0 Å². The fraction of sp³-hybridized carbons (Fsp3) is 0.222. The highest BCUT2D eigenvalue weighted by molar-refractivity contribution is 7.92. The second-order valence-electron chi connectivity index (χ2n) is 8.62. The van der Waals surface area contributed by atoms with Crippen LogP contribution in [0.1, 0.15) is 22.8 Å². The van der Waals surface area contributed by atoms with Gasteiger partial charge in [-0.25, -0.2) is 8.42 Å². The highest BCUT2D eigenvalue weighted by Crippen LogP contribution is 2.35. The third-order valence-electron chi connectivity index (χ3n) is 5.87. The monoisotopic (exact) mass is 567 g/mol. The number of benzene rings is 3. The number of sulfonamides is 1. The van der Waals surface area contributed by atoms with Crippen LogP contribution in [0.2, 0.25) is 0 Å². The molecule has 1 aliphatic rings. The van der Waals surface area contributed by atoms with Gasteiger partial charge in [-0.1, -0.05) is 41.2 Å². The zero-order chi connectivity index (χ0) is 27.6. The summed E-state index contributed by atoms with van der Waals surface area (Å²) in [6.07, 6.45) is 0. The number of amides is 1. The van der Waals surface area contributed by atoms with Crippen LogP contribution in [0, 0.1) is 6.92 Å². The van der Waals surface area contributed by atoms with Crippen LogP contribution in [0.5, 0.6) is 11.5 Å². The number of nitrogens with one attached hydrogen (secondary N) is 1. The number of hydrogen-bond donors (Lipinski definition) is 1. The van der Waals surface area contributed by atoms with Gasteiger partial charge in [0.15, 0.2) is 16.3 Å². The van der Waals surface area contributed by atoms with Crippen LogP contribution >= 0.6 is 11.3 Å².